The zero-order valence-electron chi connectivity index (χ0n) is 18.6. The highest BCUT2D eigenvalue weighted by atomic mass is 16.5. The number of benzene rings is 2. The first-order chi connectivity index (χ1) is 16.0. The van der Waals surface area contributed by atoms with Gasteiger partial charge in [0.1, 0.15) is 11.8 Å². The van der Waals surface area contributed by atoms with E-state index in [-0.39, 0.29) is 11.5 Å². The Morgan fingerprint density at radius 1 is 1.03 bits per heavy atom. The summed E-state index contributed by atoms with van der Waals surface area (Å²) in [6.07, 6.45) is 2.06. The van der Waals surface area contributed by atoms with Crippen molar-refractivity contribution in [2.24, 2.45) is 0 Å². The third-order valence-electron chi connectivity index (χ3n) is 6.00. The Kier molecular flexibility index (Phi) is 5.16. The van der Waals surface area contributed by atoms with Crippen LogP contribution in [0, 0.1) is 0 Å². The van der Waals surface area contributed by atoms with Crippen LogP contribution in [0.15, 0.2) is 47.7 Å². The molecular weight excluding hydrogens is 424 g/mol. The van der Waals surface area contributed by atoms with Gasteiger partial charge in [0.05, 0.1) is 21.3 Å². The predicted octanol–water partition coefficient (Wildman–Crippen LogP) is 3.70. The van der Waals surface area contributed by atoms with Gasteiger partial charge in [-0.3, -0.25) is 4.79 Å². The number of fused-ring (bicyclic) bond motifs is 1. The molecule has 2 aliphatic rings. The van der Waals surface area contributed by atoms with Crippen LogP contribution in [-0.4, -0.2) is 47.0 Å². The Morgan fingerprint density at radius 2 is 1.73 bits per heavy atom. The number of methoxy groups -OCH3 is 3. The highest BCUT2D eigenvalue weighted by molar-refractivity contribution is 5.99. The molecule has 0 amide bonds. The summed E-state index contributed by atoms with van der Waals surface area (Å²) in [5.74, 6) is 2.73. The first-order valence-corrected chi connectivity index (χ1v) is 10.6. The van der Waals surface area contributed by atoms with E-state index >= 15 is 0 Å². The molecule has 2 heterocycles. The summed E-state index contributed by atoms with van der Waals surface area (Å²) in [6.45, 7) is 0. The fourth-order valence-electron chi connectivity index (χ4n) is 4.45. The van der Waals surface area contributed by atoms with Gasteiger partial charge >= 0.3 is 0 Å². The molecule has 1 unspecified atom stereocenters. The molecule has 1 aliphatic carbocycles. The van der Waals surface area contributed by atoms with E-state index in [0.29, 0.717) is 46.6 Å². The summed E-state index contributed by atoms with van der Waals surface area (Å²) < 4.78 is 18.1. The predicted molar refractivity (Wildman–Crippen MR) is 121 cm³/mol. The molecule has 0 radical (unpaired) electrons. The number of carbonyl (C=O) groups excluding carboxylic acids is 1. The molecule has 2 aromatic carbocycles. The minimum Gasteiger partial charge on any atom is -0.508 e. The van der Waals surface area contributed by atoms with Crippen LogP contribution in [0.1, 0.15) is 30.9 Å². The van der Waals surface area contributed by atoms with Gasteiger partial charge in [-0.2, -0.15) is 4.98 Å². The number of carbonyl (C=O) groups is 1. The number of aromatic hydroxyl groups is 1. The molecule has 0 bridgehead atoms. The van der Waals surface area contributed by atoms with E-state index in [1.165, 1.54) is 0 Å². The van der Waals surface area contributed by atoms with Crippen LogP contribution in [0.5, 0.6) is 23.0 Å². The van der Waals surface area contributed by atoms with E-state index in [2.05, 4.69) is 5.32 Å². The second-order valence-electron chi connectivity index (χ2n) is 7.91. The fourth-order valence-corrected chi connectivity index (χ4v) is 4.45. The second kappa shape index (κ2) is 8.16. The number of hydrogen-bond donors (Lipinski definition) is 2. The second-order valence-corrected chi connectivity index (χ2v) is 7.91. The van der Waals surface area contributed by atoms with Crippen LogP contribution in [0.2, 0.25) is 0 Å². The number of ether oxygens (including phenoxy) is 3. The van der Waals surface area contributed by atoms with Crippen LogP contribution in [0.25, 0.3) is 11.4 Å². The molecule has 1 aromatic heterocycles. The van der Waals surface area contributed by atoms with Crippen molar-refractivity contribution in [3.8, 4) is 34.4 Å². The average molecular weight is 448 g/mol. The number of anilines is 1. The number of hydrogen-bond acceptors (Lipinski definition) is 8. The Morgan fingerprint density at radius 3 is 2.36 bits per heavy atom. The van der Waals surface area contributed by atoms with E-state index < -0.39 is 6.04 Å². The number of phenols is 1. The molecule has 0 saturated heterocycles. The van der Waals surface area contributed by atoms with Crippen LogP contribution < -0.4 is 19.5 Å². The highest BCUT2D eigenvalue weighted by Gasteiger charge is 2.37. The van der Waals surface area contributed by atoms with Gasteiger partial charge in [0, 0.05) is 23.3 Å². The number of aromatic nitrogens is 3. The smallest absolute Gasteiger partial charge is 0.226 e. The number of nitrogens with zero attached hydrogens (tertiary/aromatic N) is 3. The first kappa shape index (κ1) is 20.9. The lowest BCUT2D eigenvalue weighted by atomic mass is 9.85. The molecule has 1 atom stereocenters. The first-order valence-electron chi connectivity index (χ1n) is 10.6. The van der Waals surface area contributed by atoms with Crippen molar-refractivity contribution < 1.29 is 24.1 Å². The van der Waals surface area contributed by atoms with Crippen LogP contribution in [0.3, 0.4) is 0 Å². The maximum absolute atomic E-state index is 12.9. The van der Waals surface area contributed by atoms with Crippen molar-refractivity contribution in [3.63, 3.8) is 0 Å². The molecule has 33 heavy (non-hydrogen) atoms. The lowest BCUT2D eigenvalue weighted by Gasteiger charge is -2.32. The summed E-state index contributed by atoms with van der Waals surface area (Å²) in [5, 5.41) is 17.9. The number of allylic oxidation sites excluding steroid dienone is 2. The van der Waals surface area contributed by atoms with Gasteiger partial charge < -0.3 is 24.6 Å². The van der Waals surface area contributed by atoms with Crippen LogP contribution in [0.4, 0.5) is 5.95 Å². The lowest BCUT2D eigenvalue weighted by Crippen LogP contribution is -2.31. The average Bonchev–Trinajstić information content (AvgIpc) is 3.26. The Bertz CT molecular complexity index is 1240. The van der Waals surface area contributed by atoms with Crippen molar-refractivity contribution in [2.75, 3.05) is 26.6 Å². The third kappa shape index (κ3) is 3.45. The summed E-state index contributed by atoms with van der Waals surface area (Å²) >= 11 is 0. The molecule has 0 saturated carbocycles. The summed E-state index contributed by atoms with van der Waals surface area (Å²) in [7, 11) is 4.66. The fraction of sp³-hybridized carbons (Fsp3) is 0.292. The van der Waals surface area contributed by atoms with Crippen LogP contribution in [-0.2, 0) is 4.79 Å². The van der Waals surface area contributed by atoms with Gasteiger partial charge in [-0.05, 0) is 42.7 Å². The molecule has 1 aliphatic heterocycles. The van der Waals surface area contributed by atoms with E-state index in [9.17, 15) is 9.90 Å². The summed E-state index contributed by atoms with van der Waals surface area (Å²) in [5.41, 5.74) is 3.10. The zero-order chi connectivity index (χ0) is 23.1. The monoisotopic (exact) mass is 448 g/mol. The number of rotatable bonds is 5. The lowest BCUT2D eigenvalue weighted by molar-refractivity contribution is -0.116. The number of ketones is 1. The van der Waals surface area contributed by atoms with Crippen molar-refractivity contribution in [1.29, 1.82) is 0 Å². The molecule has 3 aromatic rings. The highest BCUT2D eigenvalue weighted by Crippen LogP contribution is 2.43. The van der Waals surface area contributed by atoms with Crippen molar-refractivity contribution in [1.82, 2.24) is 14.8 Å². The van der Waals surface area contributed by atoms with E-state index in [1.807, 2.05) is 12.1 Å². The molecule has 2 N–H and O–H groups in total. The topological polar surface area (TPSA) is 108 Å². The molecule has 170 valence electrons. The molecule has 9 heteroatoms. The molecular formula is C24H24N4O5. The number of Topliss-reactive ketones (excluding diaryl/α,β-unsaturated/α-hetero) is 1. The molecule has 0 spiro atoms. The van der Waals surface area contributed by atoms with Gasteiger partial charge in [0.15, 0.2) is 23.1 Å². The van der Waals surface area contributed by atoms with Crippen molar-refractivity contribution >= 4 is 11.7 Å². The van der Waals surface area contributed by atoms with E-state index in [1.54, 1.807) is 50.3 Å². The van der Waals surface area contributed by atoms with Gasteiger partial charge in [0.2, 0.25) is 11.7 Å². The maximum Gasteiger partial charge on any atom is 0.226 e. The normalized spacial score (nSPS) is 17.2. The van der Waals surface area contributed by atoms with Crippen molar-refractivity contribution in [3.05, 3.63) is 53.2 Å². The van der Waals surface area contributed by atoms with Gasteiger partial charge in [-0.15, -0.1) is 5.10 Å². The molecule has 9 nitrogen and oxygen atoms in total. The van der Waals surface area contributed by atoms with Crippen LogP contribution >= 0.6 is 0 Å². The van der Waals surface area contributed by atoms with Crippen molar-refractivity contribution in [2.45, 2.75) is 25.3 Å². The Labute approximate surface area is 190 Å². The summed E-state index contributed by atoms with van der Waals surface area (Å²) in [6, 6.07) is 9.98. The van der Waals surface area contributed by atoms with Gasteiger partial charge in [-0.1, -0.05) is 12.1 Å². The Balaban J connectivity index is 1.66. The minimum atomic E-state index is -0.437. The SMILES string of the molecule is COc1cc(-c2nc3n(n2)C(c2ccc(O)cc2)C2=C(CCCC2=O)N3)cc(OC)c1OC. The molecule has 0 fully saturated rings. The molecule has 5 rings (SSSR count). The maximum atomic E-state index is 12.9. The quantitative estimate of drug-likeness (QED) is 0.608. The standard InChI is InChI=1S/C24H24N4O5/c1-31-18-11-14(12-19(32-2)22(18)33-3)23-26-24-25-16-5-4-6-17(30)20(16)21(28(24)27-23)13-7-9-15(29)10-8-13/h7-12,21,29H,4-6H2,1-3H3,(H,25,26,27). The summed E-state index contributed by atoms with van der Waals surface area (Å²) in [4.78, 5) is 17.7. The van der Waals surface area contributed by atoms with E-state index in [4.69, 9.17) is 24.3 Å². The third-order valence-corrected chi connectivity index (χ3v) is 6.00. The largest absolute Gasteiger partial charge is 0.508 e. The van der Waals surface area contributed by atoms with Gasteiger partial charge in [-0.25, -0.2) is 4.68 Å². The zero-order valence-corrected chi connectivity index (χ0v) is 18.6. The Hall–Kier alpha value is -4.01. The van der Waals surface area contributed by atoms with Gasteiger partial charge in [0.25, 0.3) is 0 Å². The number of phenolic OH excluding ortho intramolecular Hbond substituents is 1. The number of nitrogens with one attached hydrogen (secondary N) is 1. The van der Waals surface area contributed by atoms with E-state index in [0.717, 1.165) is 24.1 Å². The minimum absolute atomic E-state index is 0.0947.